The second-order valence-electron chi connectivity index (χ2n) is 5.03. The molecular weight excluding hydrogens is 338 g/mol. The van der Waals surface area contributed by atoms with Crippen molar-refractivity contribution in [3.8, 4) is 17.3 Å². The van der Waals surface area contributed by atoms with Gasteiger partial charge in [0.1, 0.15) is 0 Å². The van der Waals surface area contributed by atoms with Crippen LogP contribution in [0.3, 0.4) is 0 Å². The van der Waals surface area contributed by atoms with E-state index in [0.29, 0.717) is 11.4 Å². The Morgan fingerprint density at radius 1 is 1.00 bits per heavy atom. The minimum Gasteiger partial charge on any atom is -0.491 e. The molecule has 0 fully saturated rings. The Morgan fingerprint density at radius 2 is 1.52 bits per heavy atom. The highest BCUT2D eigenvalue weighted by Gasteiger charge is 2.21. The lowest BCUT2D eigenvalue weighted by Gasteiger charge is -2.02. The first-order chi connectivity index (χ1) is 12.1. The molecule has 1 aromatic heterocycles. The average molecular weight is 353 g/mol. The Morgan fingerprint density at radius 3 is 2.04 bits per heavy atom. The highest BCUT2D eigenvalue weighted by atomic mass is 32.1. The molecule has 0 aliphatic rings. The largest absolute Gasteiger partial charge is 0.491 e. The van der Waals surface area contributed by atoms with Gasteiger partial charge in [0, 0.05) is 7.05 Å². The van der Waals surface area contributed by atoms with Crippen molar-refractivity contribution in [1.82, 2.24) is 14.5 Å². The summed E-state index contributed by atoms with van der Waals surface area (Å²) in [6.07, 6.45) is 0. The van der Waals surface area contributed by atoms with E-state index in [1.807, 2.05) is 12.1 Å². The van der Waals surface area contributed by atoms with Crippen LogP contribution in [-0.2, 0) is 0 Å². The summed E-state index contributed by atoms with van der Waals surface area (Å²) in [5, 5.41) is 21.2. The summed E-state index contributed by atoms with van der Waals surface area (Å²) < 4.78 is 2.45. The SMILES string of the molecule is CNC(=S)/N=N/c1c(O)n(-c2ccccc2)c(=O)n1-c1ccccc1. The number of azo groups is 1. The standard InChI is InChI=1S/C17H15N5O2S/c1-18-16(25)20-19-14-15(23)22(13-10-6-3-7-11-13)17(24)21(14)12-8-4-2-5-9-12/h2-11,23H,1H3,(H,18,25)/b20-19+. The molecule has 0 atom stereocenters. The minimum absolute atomic E-state index is 0.00217. The number of thiocarbonyl (C=S) groups is 1. The number of aromatic hydroxyl groups is 1. The zero-order valence-corrected chi connectivity index (χ0v) is 14.1. The lowest BCUT2D eigenvalue weighted by molar-refractivity contribution is 0.442. The minimum atomic E-state index is -0.459. The number of imidazole rings is 1. The maximum absolute atomic E-state index is 12.9. The van der Waals surface area contributed by atoms with Gasteiger partial charge in [0.05, 0.1) is 11.4 Å². The third-order valence-electron chi connectivity index (χ3n) is 3.48. The Hall–Kier alpha value is -3.26. The molecule has 0 saturated heterocycles. The van der Waals surface area contributed by atoms with Crippen molar-refractivity contribution in [2.24, 2.45) is 10.2 Å². The topological polar surface area (TPSA) is 83.9 Å². The second kappa shape index (κ2) is 7.10. The average Bonchev–Trinajstić information content (AvgIpc) is 2.91. The van der Waals surface area contributed by atoms with E-state index in [1.165, 1.54) is 9.13 Å². The van der Waals surface area contributed by atoms with Crippen molar-refractivity contribution in [3.05, 3.63) is 71.1 Å². The zero-order valence-electron chi connectivity index (χ0n) is 13.3. The summed E-state index contributed by atoms with van der Waals surface area (Å²) >= 11 is 4.94. The highest BCUT2D eigenvalue weighted by molar-refractivity contribution is 7.80. The van der Waals surface area contributed by atoms with Crippen LogP contribution in [0.1, 0.15) is 0 Å². The van der Waals surface area contributed by atoms with E-state index in [0.717, 1.165) is 0 Å². The van der Waals surface area contributed by atoms with Crippen molar-refractivity contribution < 1.29 is 5.11 Å². The van der Waals surface area contributed by atoms with Crippen LogP contribution in [0, 0.1) is 0 Å². The predicted octanol–water partition coefficient (Wildman–Crippen LogP) is 2.92. The molecule has 0 unspecified atom stereocenters. The molecular formula is C17H15N5O2S. The fourth-order valence-electron chi connectivity index (χ4n) is 2.33. The van der Waals surface area contributed by atoms with E-state index in [-0.39, 0.29) is 16.8 Å². The number of rotatable bonds is 3. The van der Waals surface area contributed by atoms with Gasteiger partial charge in [0.15, 0.2) is 0 Å². The van der Waals surface area contributed by atoms with Gasteiger partial charge in [-0.05, 0) is 36.5 Å². The molecule has 7 nitrogen and oxygen atoms in total. The quantitative estimate of drug-likeness (QED) is 0.560. The first kappa shape index (κ1) is 16.6. The molecule has 0 aliphatic carbocycles. The fraction of sp³-hybridized carbons (Fsp3) is 0.0588. The van der Waals surface area contributed by atoms with E-state index in [2.05, 4.69) is 15.5 Å². The third-order valence-corrected chi connectivity index (χ3v) is 3.77. The number of hydrogen-bond donors (Lipinski definition) is 2. The van der Waals surface area contributed by atoms with Gasteiger partial charge in [0.25, 0.3) is 0 Å². The highest BCUT2D eigenvalue weighted by Crippen LogP contribution is 2.30. The maximum Gasteiger partial charge on any atom is 0.342 e. The van der Waals surface area contributed by atoms with Crippen LogP contribution in [0.5, 0.6) is 5.88 Å². The molecule has 0 bridgehead atoms. The van der Waals surface area contributed by atoms with Crippen LogP contribution in [0.4, 0.5) is 5.82 Å². The van der Waals surface area contributed by atoms with Crippen LogP contribution in [0.2, 0.25) is 0 Å². The van der Waals surface area contributed by atoms with Crippen molar-refractivity contribution in [1.29, 1.82) is 0 Å². The molecule has 3 aromatic rings. The fourth-order valence-corrected chi connectivity index (χ4v) is 2.37. The molecule has 0 amide bonds. The Kier molecular flexibility index (Phi) is 4.71. The number of benzene rings is 2. The van der Waals surface area contributed by atoms with Crippen LogP contribution in [0.15, 0.2) is 75.7 Å². The van der Waals surface area contributed by atoms with Gasteiger partial charge in [-0.25, -0.2) is 13.9 Å². The smallest absolute Gasteiger partial charge is 0.342 e. The molecule has 0 saturated carbocycles. The van der Waals surface area contributed by atoms with Gasteiger partial charge < -0.3 is 10.4 Å². The van der Waals surface area contributed by atoms with Crippen molar-refractivity contribution in [3.63, 3.8) is 0 Å². The first-order valence-corrected chi connectivity index (χ1v) is 7.85. The van der Waals surface area contributed by atoms with E-state index >= 15 is 0 Å². The number of para-hydroxylation sites is 2. The lowest BCUT2D eigenvalue weighted by Crippen LogP contribution is -2.21. The van der Waals surface area contributed by atoms with Crippen molar-refractivity contribution >= 4 is 23.1 Å². The monoisotopic (exact) mass is 353 g/mol. The van der Waals surface area contributed by atoms with Gasteiger partial charge in [0.2, 0.25) is 16.8 Å². The summed E-state index contributed by atoms with van der Waals surface area (Å²) in [5.74, 6) is -0.319. The van der Waals surface area contributed by atoms with E-state index in [1.54, 1.807) is 55.6 Å². The summed E-state index contributed by atoms with van der Waals surface area (Å²) in [5.41, 5.74) is 0.619. The summed E-state index contributed by atoms with van der Waals surface area (Å²) in [7, 11) is 1.61. The van der Waals surface area contributed by atoms with Gasteiger partial charge in [-0.1, -0.05) is 36.4 Å². The molecule has 1 heterocycles. The molecule has 0 spiro atoms. The number of nitrogens with zero attached hydrogens (tertiary/aromatic N) is 4. The second-order valence-corrected chi connectivity index (χ2v) is 5.41. The van der Waals surface area contributed by atoms with Gasteiger partial charge in [-0.15, -0.1) is 10.2 Å². The Balaban J connectivity index is 2.27. The van der Waals surface area contributed by atoms with Gasteiger partial charge in [-0.3, -0.25) is 0 Å². The number of aromatic nitrogens is 2. The predicted molar refractivity (Wildman–Crippen MR) is 99.2 cm³/mol. The maximum atomic E-state index is 12.9. The van der Waals surface area contributed by atoms with Crippen LogP contribution >= 0.6 is 12.2 Å². The summed E-state index contributed by atoms with van der Waals surface area (Å²) in [6, 6.07) is 17.7. The normalized spacial score (nSPS) is 10.9. The van der Waals surface area contributed by atoms with Crippen molar-refractivity contribution in [2.75, 3.05) is 7.05 Å². The molecule has 2 N–H and O–H groups in total. The van der Waals surface area contributed by atoms with Gasteiger partial charge in [-0.2, -0.15) is 0 Å². The van der Waals surface area contributed by atoms with Crippen LogP contribution < -0.4 is 11.0 Å². The van der Waals surface area contributed by atoms with Crippen LogP contribution in [-0.4, -0.2) is 26.4 Å². The Bertz CT molecular complexity index is 978. The molecule has 8 heteroatoms. The first-order valence-electron chi connectivity index (χ1n) is 7.44. The molecule has 25 heavy (non-hydrogen) atoms. The number of hydrogen-bond acceptors (Lipinski definition) is 4. The molecule has 0 aliphatic heterocycles. The summed E-state index contributed by atoms with van der Waals surface area (Å²) in [4.78, 5) is 12.9. The molecule has 3 rings (SSSR count). The third kappa shape index (κ3) is 3.20. The molecule has 2 aromatic carbocycles. The zero-order chi connectivity index (χ0) is 17.8. The van der Waals surface area contributed by atoms with Crippen LogP contribution in [0.25, 0.3) is 11.4 Å². The molecule has 126 valence electrons. The van der Waals surface area contributed by atoms with E-state index in [4.69, 9.17) is 12.2 Å². The summed E-state index contributed by atoms with van der Waals surface area (Å²) in [6.45, 7) is 0. The number of nitrogens with one attached hydrogen (secondary N) is 1. The van der Waals surface area contributed by atoms with E-state index < -0.39 is 5.69 Å². The van der Waals surface area contributed by atoms with Gasteiger partial charge >= 0.3 is 5.69 Å². The van der Waals surface area contributed by atoms with Crippen molar-refractivity contribution in [2.45, 2.75) is 0 Å². The van der Waals surface area contributed by atoms with E-state index in [9.17, 15) is 9.90 Å². The molecule has 0 radical (unpaired) electrons. The Labute approximate surface area is 148 Å². The lowest BCUT2D eigenvalue weighted by atomic mass is 10.3.